The molecule has 0 unspecified atom stereocenters. The van der Waals surface area contributed by atoms with Crippen LogP contribution in [0.5, 0.6) is 0 Å². The molecule has 2 aliphatic rings. The number of anilines is 1. The number of thiophene rings is 1. The minimum absolute atomic E-state index is 0.0584. The minimum Gasteiger partial charge on any atom is -0.466 e. The number of amides is 1. The first-order chi connectivity index (χ1) is 14.5. The zero-order valence-corrected chi connectivity index (χ0v) is 18.8. The van der Waals surface area contributed by atoms with Gasteiger partial charge in [-0.1, -0.05) is 0 Å². The SMILES string of the molecule is CCOC(=O)C1CCN(C(=O)C2CCN(c3ncnc4sc(C)c(C)c34)CC2)CC1. The van der Waals surface area contributed by atoms with Crippen LogP contribution in [-0.4, -0.2) is 59.5 Å². The third-order valence-electron chi connectivity index (χ3n) is 6.52. The number of aromatic nitrogens is 2. The molecule has 0 spiro atoms. The van der Waals surface area contributed by atoms with Gasteiger partial charge in [0.2, 0.25) is 5.91 Å². The number of aryl methyl sites for hydroxylation is 2. The molecule has 30 heavy (non-hydrogen) atoms. The monoisotopic (exact) mass is 430 g/mol. The van der Waals surface area contributed by atoms with E-state index < -0.39 is 0 Å². The molecule has 2 aliphatic heterocycles. The van der Waals surface area contributed by atoms with Crippen LogP contribution in [0.3, 0.4) is 0 Å². The number of esters is 1. The fourth-order valence-electron chi connectivity index (χ4n) is 4.60. The summed E-state index contributed by atoms with van der Waals surface area (Å²) in [5.41, 5.74) is 1.26. The summed E-state index contributed by atoms with van der Waals surface area (Å²) in [6, 6.07) is 0. The molecule has 0 aromatic carbocycles. The van der Waals surface area contributed by atoms with E-state index in [1.807, 2.05) is 11.8 Å². The lowest BCUT2D eigenvalue weighted by molar-refractivity contribution is -0.151. The Morgan fingerprint density at radius 2 is 1.73 bits per heavy atom. The van der Waals surface area contributed by atoms with Crippen LogP contribution in [0.1, 0.15) is 43.0 Å². The fourth-order valence-corrected chi connectivity index (χ4v) is 5.59. The molecular formula is C22H30N4O3S. The topological polar surface area (TPSA) is 75.6 Å². The van der Waals surface area contributed by atoms with Gasteiger partial charge in [0, 0.05) is 37.0 Å². The molecule has 4 rings (SSSR count). The Morgan fingerprint density at radius 1 is 1.07 bits per heavy atom. The maximum Gasteiger partial charge on any atom is 0.309 e. The second-order valence-corrected chi connectivity index (χ2v) is 9.48. The Labute approximate surface area is 181 Å². The Kier molecular flexibility index (Phi) is 6.22. The molecule has 2 aromatic heterocycles. The highest BCUT2D eigenvalue weighted by molar-refractivity contribution is 7.18. The van der Waals surface area contributed by atoms with Crippen LogP contribution in [-0.2, 0) is 14.3 Å². The summed E-state index contributed by atoms with van der Waals surface area (Å²) in [7, 11) is 0. The number of hydrogen-bond donors (Lipinski definition) is 0. The van der Waals surface area contributed by atoms with Crippen molar-refractivity contribution < 1.29 is 14.3 Å². The summed E-state index contributed by atoms with van der Waals surface area (Å²) in [6.07, 6.45) is 4.74. The van der Waals surface area contributed by atoms with E-state index in [0.29, 0.717) is 32.5 Å². The second-order valence-electron chi connectivity index (χ2n) is 8.27. The number of hydrogen-bond acceptors (Lipinski definition) is 7. The maximum absolute atomic E-state index is 13.0. The smallest absolute Gasteiger partial charge is 0.309 e. The van der Waals surface area contributed by atoms with E-state index in [-0.39, 0.29) is 23.7 Å². The van der Waals surface area contributed by atoms with Gasteiger partial charge in [0.15, 0.2) is 0 Å². The molecule has 0 bridgehead atoms. The van der Waals surface area contributed by atoms with Crippen molar-refractivity contribution in [1.82, 2.24) is 14.9 Å². The largest absolute Gasteiger partial charge is 0.466 e. The van der Waals surface area contributed by atoms with Crippen molar-refractivity contribution in [1.29, 1.82) is 0 Å². The summed E-state index contributed by atoms with van der Waals surface area (Å²) in [4.78, 5) is 40.6. The van der Waals surface area contributed by atoms with Gasteiger partial charge in [0.1, 0.15) is 17.0 Å². The van der Waals surface area contributed by atoms with Crippen LogP contribution in [0.2, 0.25) is 0 Å². The zero-order valence-electron chi connectivity index (χ0n) is 18.0. The molecule has 2 saturated heterocycles. The summed E-state index contributed by atoms with van der Waals surface area (Å²) < 4.78 is 5.13. The number of likely N-dealkylation sites (tertiary alicyclic amines) is 1. The molecule has 1 amide bonds. The zero-order chi connectivity index (χ0) is 21.3. The van der Waals surface area contributed by atoms with E-state index in [0.717, 1.165) is 42.0 Å². The predicted molar refractivity (Wildman–Crippen MR) is 118 cm³/mol. The highest BCUT2D eigenvalue weighted by Crippen LogP contribution is 2.36. The molecule has 2 fully saturated rings. The van der Waals surface area contributed by atoms with E-state index >= 15 is 0 Å². The molecule has 0 atom stereocenters. The van der Waals surface area contributed by atoms with Crippen LogP contribution in [0.15, 0.2) is 6.33 Å². The second kappa shape index (κ2) is 8.88. The average Bonchev–Trinajstić information content (AvgIpc) is 3.07. The van der Waals surface area contributed by atoms with Crippen molar-refractivity contribution in [2.75, 3.05) is 37.7 Å². The van der Waals surface area contributed by atoms with Crippen molar-refractivity contribution in [3.63, 3.8) is 0 Å². The molecule has 4 heterocycles. The van der Waals surface area contributed by atoms with Crippen LogP contribution in [0, 0.1) is 25.7 Å². The fraction of sp³-hybridized carbons (Fsp3) is 0.636. The van der Waals surface area contributed by atoms with Crippen LogP contribution >= 0.6 is 11.3 Å². The van der Waals surface area contributed by atoms with Crippen molar-refractivity contribution >= 4 is 39.2 Å². The number of fused-ring (bicyclic) bond motifs is 1. The third kappa shape index (κ3) is 4.02. The Morgan fingerprint density at radius 3 is 2.40 bits per heavy atom. The molecule has 7 nitrogen and oxygen atoms in total. The van der Waals surface area contributed by atoms with Crippen molar-refractivity contribution in [2.24, 2.45) is 11.8 Å². The molecule has 162 valence electrons. The third-order valence-corrected chi connectivity index (χ3v) is 7.63. The highest BCUT2D eigenvalue weighted by Gasteiger charge is 2.33. The minimum atomic E-state index is -0.118. The summed E-state index contributed by atoms with van der Waals surface area (Å²) >= 11 is 1.71. The van der Waals surface area contributed by atoms with Crippen molar-refractivity contribution in [3.05, 3.63) is 16.8 Å². The maximum atomic E-state index is 13.0. The van der Waals surface area contributed by atoms with E-state index in [9.17, 15) is 9.59 Å². The van der Waals surface area contributed by atoms with Gasteiger partial charge in [-0.25, -0.2) is 9.97 Å². The number of carbonyl (C=O) groups is 2. The first-order valence-electron chi connectivity index (χ1n) is 10.9. The van der Waals surface area contributed by atoms with Gasteiger partial charge in [-0.3, -0.25) is 9.59 Å². The van der Waals surface area contributed by atoms with E-state index in [2.05, 4.69) is 28.7 Å². The number of piperidine rings is 2. The van der Waals surface area contributed by atoms with E-state index in [1.54, 1.807) is 17.7 Å². The van der Waals surface area contributed by atoms with Crippen LogP contribution in [0.4, 0.5) is 5.82 Å². The Balaban J connectivity index is 1.35. The molecule has 0 saturated carbocycles. The molecule has 8 heteroatoms. The van der Waals surface area contributed by atoms with Gasteiger partial charge in [0.05, 0.1) is 17.9 Å². The standard InChI is InChI=1S/C22H30N4O3S/c1-4-29-22(28)17-7-11-26(12-8-17)21(27)16-5-9-25(10-6-16)19-18-14(2)15(3)30-20(18)24-13-23-19/h13,16-17H,4-12H2,1-3H3. The average molecular weight is 431 g/mol. The van der Waals surface area contributed by atoms with Crippen LogP contribution < -0.4 is 4.90 Å². The summed E-state index contributed by atoms with van der Waals surface area (Å²) in [5.74, 6) is 1.12. The number of nitrogens with zero attached hydrogens (tertiary/aromatic N) is 4. The van der Waals surface area contributed by atoms with Crippen molar-refractivity contribution in [2.45, 2.75) is 46.5 Å². The number of carbonyl (C=O) groups excluding carboxylic acids is 2. The number of rotatable bonds is 4. The number of ether oxygens (including phenoxy) is 1. The van der Waals surface area contributed by atoms with Crippen molar-refractivity contribution in [3.8, 4) is 0 Å². The van der Waals surface area contributed by atoms with Gasteiger partial charge in [-0.05, 0) is 52.0 Å². The lowest BCUT2D eigenvalue weighted by Gasteiger charge is -2.37. The predicted octanol–water partition coefficient (Wildman–Crippen LogP) is 3.33. The van der Waals surface area contributed by atoms with E-state index in [4.69, 9.17) is 4.74 Å². The Bertz CT molecular complexity index is 928. The first kappa shape index (κ1) is 21.0. The lowest BCUT2D eigenvalue weighted by atomic mass is 9.92. The first-order valence-corrected chi connectivity index (χ1v) is 11.7. The van der Waals surface area contributed by atoms with Gasteiger partial charge in [-0.15, -0.1) is 11.3 Å². The van der Waals surface area contributed by atoms with Gasteiger partial charge >= 0.3 is 5.97 Å². The van der Waals surface area contributed by atoms with Gasteiger partial charge in [0.25, 0.3) is 0 Å². The quantitative estimate of drug-likeness (QED) is 0.693. The molecule has 0 radical (unpaired) electrons. The van der Waals surface area contributed by atoms with Crippen LogP contribution in [0.25, 0.3) is 10.2 Å². The molecular weight excluding hydrogens is 400 g/mol. The Hall–Kier alpha value is -2.22. The highest BCUT2D eigenvalue weighted by atomic mass is 32.1. The molecule has 0 aliphatic carbocycles. The normalized spacial score (nSPS) is 18.8. The summed E-state index contributed by atoms with van der Waals surface area (Å²) in [5, 5.41) is 1.16. The molecule has 2 aromatic rings. The lowest BCUT2D eigenvalue weighted by Crippen LogP contribution is -2.46. The van der Waals surface area contributed by atoms with Gasteiger partial charge < -0.3 is 14.5 Å². The summed E-state index contributed by atoms with van der Waals surface area (Å²) in [6.45, 7) is 9.48. The molecule has 0 N–H and O–H groups in total. The van der Waals surface area contributed by atoms with Gasteiger partial charge in [-0.2, -0.15) is 0 Å². The van der Waals surface area contributed by atoms with E-state index in [1.165, 1.54) is 10.4 Å².